The molecule has 0 aliphatic heterocycles. The Balaban J connectivity index is 4.31. The van der Waals surface area contributed by atoms with Crippen molar-refractivity contribution in [2.75, 3.05) is 39.6 Å². The van der Waals surface area contributed by atoms with Gasteiger partial charge in [0.2, 0.25) is 0 Å². The maximum atomic E-state index is 13.0. The Hall–Kier alpha value is -2.49. The second-order valence-corrected chi connectivity index (χ2v) is 31.6. The van der Waals surface area contributed by atoms with Gasteiger partial charge in [0.05, 0.1) is 26.4 Å². The van der Waals surface area contributed by atoms with Gasteiger partial charge < -0.3 is 34.2 Å². The molecular weight excluding hydrogens is 1310 g/mol. The van der Waals surface area contributed by atoms with Crippen LogP contribution >= 0.6 is 15.6 Å². The molecule has 0 spiro atoms. The first-order chi connectivity index (χ1) is 49.2. The molecule has 0 aromatic carbocycles. The molecule has 0 fully saturated rings. The van der Waals surface area contributed by atoms with Crippen molar-refractivity contribution in [1.29, 1.82) is 0 Å². The van der Waals surface area contributed by atoms with Crippen LogP contribution in [-0.2, 0) is 55.8 Å². The maximum Gasteiger partial charge on any atom is 0.472 e. The summed E-state index contributed by atoms with van der Waals surface area (Å²) in [6, 6.07) is 0. The van der Waals surface area contributed by atoms with E-state index < -0.39 is 91.5 Å². The maximum absolute atomic E-state index is 13.0. The molecule has 0 aliphatic carbocycles. The van der Waals surface area contributed by atoms with Gasteiger partial charge in [0, 0.05) is 19.3 Å². The smallest absolute Gasteiger partial charge is 0.463 e. The predicted octanol–water partition coefficient (Wildman–Crippen LogP) is 24.7. The number of phosphoric acid groups is 2. The SMILES string of the molecule is CCCCC/C=C\C/C=C\C/C=C\C/C=C\CCCCCCCCCCCCCCCCCCCCCC(=O)OCC(O)COP(=O)(O)OCC(O)COP(=O)(O)OCC(COC(=O)CCCCCCCCCCCCCCCCC)OC(=O)CCCCCCCCCCCCCCCCC. The Bertz CT molecular complexity index is 2030. The van der Waals surface area contributed by atoms with Crippen LogP contribution in [0.4, 0.5) is 0 Å². The van der Waals surface area contributed by atoms with Gasteiger partial charge in [-0.2, -0.15) is 0 Å². The molecule has 5 unspecified atom stereocenters. The summed E-state index contributed by atoms with van der Waals surface area (Å²) < 4.78 is 61.2. The molecule has 101 heavy (non-hydrogen) atoms. The molecule has 18 heteroatoms. The number of unbranched alkanes of at least 4 members (excludes halogenated alkanes) is 50. The van der Waals surface area contributed by atoms with Crippen molar-refractivity contribution in [3.63, 3.8) is 0 Å². The Morgan fingerprint density at radius 1 is 0.277 bits per heavy atom. The molecular formula is C83H156O16P2. The summed E-state index contributed by atoms with van der Waals surface area (Å²) >= 11 is 0. The molecule has 0 saturated carbocycles. The summed E-state index contributed by atoms with van der Waals surface area (Å²) in [6.07, 6.45) is 83.2. The Morgan fingerprint density at radius 2 is 0.495 bits per heavy atom. The summed E-state index contributed by atoms with van der Waals surface area (Å²) in [5, 5.41) is 20.6. The Labute approximate surface area is 618 Å². The fourth-order valence-corrected chi connectivity index (χ4v) is 13.7. The van der Waals surface area contributed by atoms with Crippen molar-refractivity contribution in [1.82, 2.24) is 0 Å². The van der Waals surface area contributed by atoms with Gasteiger partial charge in [-0.3, -0.25) is 32.5 Å². The van der Waals surface area contributed by atoms with Gasteiger partial charge in [-0.15, -0.1) is 0 Å². The summed E-state index contributed by atoms with van der Waals surface area (Å²) in [5.41, 5.74) is 0. The number of rotatable bonds is 81. The van der Waals surface area contributed by atoms with Gasteiger partial charge >= 0.3 is 33.6 Å². The largest absolute Gasteiger partial charge is 0.472 e. The third-order valence-corrected chi connectivity index (χ3v) is 20.5. The van der Waals surface area contributed by atoms with Gasteiger partial charge in [-0.25, -0.2) is 9.13 Å². The minimum atomic E-state index is -4.92. The van der Waals surface area contributed by atoms with Crippen LogP contribution in [0.1, 0.15) is 406 Å². The van der Waals surface area contributed by atoms with Crippen LogP contribution in [0.25, 0.3) is 0 Å². The molecule has 0 radical (unpaired) electrons. The number of allylic oxidation sites excluding steroid dienone is 8. The number of aliphatic hydroxyl groups excluding tert-OH is 2. The zero-order valence-electron chi connectivity index (χ0n) is 65.1. The van der Waals surface area contributed by atoms with Crippen LogP contribution in [0.2, 0.25) is 0 Å². The van der Waals surface area contributed by atoms with E-state index in [2.05, 4.69) is 69.4 Å². The van der Waals surface area contributed by atoms with Crippen LogP contribution < -0.4 is 0 Å². The Kier molecular flexibility index (Phi) is 75.2. The summed E-state index contributed by atoms with van der Waals surface area (Å²) in [5.74, 6) is -1.54. The molecule has 5 atom stereocenters. The molecule has 0 saturated heterocycles. The molecule has 594 valence electrons. The van der Waals surface area contributed by atoms with E-state index in [9.17, 15) is 43.5 Å². The third-order valence-electron chi connectivity index (χ3n) is 18.6. The van der Waals surface area contributed by atoms with E-state index >= 15 is 0 Å². The highest BCUT2D eigenvalue weighted by Gasteiger charge is 2.29. The standard InChI is InChI=1S/C83H156O16P2/c1-4-7-10-13-16-19-22-25-28-29-30-31-32-33-34-35-36-37-38-39-40-41-42-43-44-45-46-47-50-52-54-57-60-63-66-69-81(86)93-72-78(84)73-95-100(89,90)96-74-79(85)75-97-101(91,92)98-77-80(99-83(88)71-68-65-62-59-56-53-49-27-24-21-18-15-12-9-6-3)76-94-82(87)70-67-64-61-58-55-51-48-26-23-20-17-14-11-8-5-2/h16,19,25,28,30-31,33-34,78-80,84-85H,4-15,17-18,20-24,26-27,29,32,35-77H2,1-3H3,(H,89,90)(H,91,92)/b19-16-,28-25-,31-30-,34-33-. The van der Waals surface area contributed by atoms with Crippen LogP contribution in [0.3, 0.4) is 0 Å². The molecule has 0 aromatic rings. The topological polar surface area (TPSA) is 231 Å². The van der Waals surface area contributed by atoms with E-state index in [-0.39, 0.29) is 19.3 Å². The zero-order valence-corrected chi connectivity index (χ0v) is 66.9. The summed E-state index contributed by atoms with van der Waals surface area (Å²) in [7, 11) is -9.76. The fourth-order valence-electron chi connectivity index (χ4n) is 12.1. The molecule has 0 heterocycles. The Morgan fingerprint density at radius 3 is 0.802 bits per heavy atom. The van der Waals surface area contributed by atoms with Gasteiger partial charge in [0.15, 0.2) is 6.10 Å². The molecule has 0 aliphatic rings. The second-order valence-electron chi connectivity index (χ2n) is 28.6. The first-order valence-corrected chi connectivity index (χ1v) is 44.9. The lowest BCUT2D eigenvalue weighted by atomic mass is 10.0. The highest BCUT2D eigenvalue weighted by Crippen LogP contribution is 2.45. The minimum Gasteiger partial charge on any atom is -0.463 e. The van der Waals surface area contributed by atoms with Crippen LogP contribution in [0.5, 0.6) is 0 Å². The number of carbonyl (C=O) groups excluding carboxylic acids is 3. The van der Waals surface area contributed by atoms with E-state index in [1.54, 1.807) is 0 Å². The van der Waals surface area contributed by atoms with Gasteiger partial charge in [0.1, 0.15) is 25.4 Å². The van der Waals surface area contributed by atoms with Crippen molar-refractivity contribution in [2.45, 2.75) is 424 Å². The average Bonchev–Trinajstić information content (AvgIpc) is 1.74. The van der Waals surface area contributed by atoms with Crippen molar-refractivity contribution in [3.05, 3.63) is 48.6 Å². The number of ether oxygens (including phenoxy) is 3. The summed E-state index contributed by atoms with van der Waals surface area (Å²) in [6.45, 7) is 2.75. The third kappa shape index (κ3) is 78.4. The molecule has 0 aromatic heterocycles. The van der Waals surface area contributed by atoms with Crippen LogP contribution in [-0.4, -0.2) is 95.9 Å². The molecule has 4 N–H and O–H groups in total. The van der Waals surface area contributed by atoms with Crippen molar-refractivity contribution in [3.8, 4) is 0 Å². The van der Waals surface area contributed by atoms with Crippen LogP contribution in [0.15, 0.2) is 48.6 Å². The van der Waals surface area contributed by atoms with E-state index in [1.165, 1.54) is 270 Å². The lowest BCUT2D eigenvalue weighted by molar-refractivity contribution is -0.161. The number of hydrogen-bond acceptors (Lipinski definition) is 14. The van der Waals surface area contributed by atoms with Gasteiger partial charge in [0.25, 0.3) is 0 Å². The van der Waals surface area contributed by atoms with E-state index in [4.69, 9.17) is 32.3 Å². The minimum absolute atomic E-state index is 0.115. The number of esters is 3. The fraction of sp³-hybridized carbons (Fsp3) is 0.867. The van der Waals surface area contributed by atoms with Crippen molar-refractivity contribution < 1.29 is 75.8 Å². The van der Waals surface area contributed by atoms with Crippen molar-refractivity contribution >= 4 is 33.6 Å². The first kappa shape index (κ1) is 98.5. The number of phosphoric ester groups is 2. The average molecular weight is 1470 g/mol. The van der Waals surface area contributed by atoms with E-state index in [0.717, 1.165) is 77.0 Å². The van der Waals surface area contributed by atoms with Gasteiger partial charge in [-0.1, -0.05) is 371 Å². The predicted molar refractivity (Wildman–Crippen MR) is 418 cm³/mol. The first-order valence-electron chi connectivity index (χ1n) is 41.9. The van der Waals surface area contributed by atoms with Crippen LogP contribution in [0, 0.1) is 0 Å². The monoisotopic (exact) mass is 1470 g/mol. The molecule has 0 rings (SSSR count). The lowest BCUT2D eigenvalue weighted by Crippen LogP contribution is -2.30. The normalized spacial score (nSPS) is 14.2. The van der Waals surface area contributed by atoms with E-state index in [1.807, 2.05) is 0 Å². The van der Waals surface area contributed by atoms with E-state index in [0.29, 0.717) is 19.3 Å². The number of carbonyl (C=O) groups is 3. The lowest BCUT2D eigenvalue weighted by Gasteiger charge is -2.21. The molecule has 16 nitrogen and oxygen atoms in total. The van der Waals surface area contributed by atoms with Gasteiger partial charge in [-0.05, 0) is 64.2 Å². The summed E-state index contributed by atoms with van der Waals surface area (Å²) in [4.78, 5) is 58.6. The second kappa shape index (κ2) is 77.1. The molecule has 0 amide bonds. The highest BCUT2D eigenvalue weighted by molar-refractivity contribution is 7.47. The molecule has 0 bridgehead atoms. The van der Waals surface area contributed by atoms with Crippen molar-refractivity contribution in [2.24, 2.45) is 0 Å². The quantitative estimate of drug-likeness (QED) is 0.0146. The number of hydrogen-bond donors (Lipinski definition) is 4. The zero-order chi connectivity index (χ0) is 73.7. The number of aliphatic hydroxyl groups is 2. The highest BCUT2D eigenvalue weighted by atomic mass is 31.2.